The first kappa shape index (κ1) is 13.0. The summed E-state index contributed by atoms with van der Waals surface area (Å²) in [6.07, 6.45) is 0.414. The number of carbonyl (C=O) groups excluding carboxylic acids is 2. The number of carbonyl (C=O) groups is 2. The predicted octanol–water partition coefficient (Wildman–Crippen LogP) is 0.307. The fraction of sp³-hybridized carbons (Fsp3) is 0.333. The first-order valence-electron chi connectivity index (χ1n) is 5.70. The molecule has 0 aliphatic rings. The molecule has 2 rings (SSSR count). The first-order chi connectivity index (χ1) is 8.90. The standard InChI is InChI=1S/C12H14N4O3/c1-6-9-4-8(5-14-11(9)16(3)15-6)12(18)19-7(2)10(13)17/h4-5,7H,1-3H3,(H2,13,17). The number of amides is 1. The number of nitrogens with zero attached hydrogens (tertiary/aromatic N) is 3. The minimum absolute atomic E-state index is 0.261. The molecule has 0 saturated heterocycles. The van der Waals surface area contributed by atoms with E-state index in [-0.39, 0.29) is 5.56 Å². The van der Waals surface area contributed by atoms with Gasteiger partial charge in [0.25, 0.3) is 5.91 Å². The van der Waals surface area contributed by atoms with Crippen molar-refractivity contribution in [2.24, 2.45) is 12.8 Å². The molecule has 19 heavy (non-hydrogen) atoms. The molecule has 2 heterocycles. The summed E-state index contributed by atoms with van der Waals surface area (Å²) in [6.45, 7) is 3.24. The fourth-order valence-corrected chi connectivity index (χ4v) is 1.71. The molecule has 2 N–H and O–H groups in total. The Labute approximate surface area is 109 Å². The average Bonchev–Trinajstić information content (AvgIpc) is 2.64. The number of aryl methyl sites for hydroxylation is 2. The molecule has 0 aromatic carbocycles. The van der Waals surface area contributed by atoms with Crippen LogP contribution in [0.2, 0.25) is 0 Å². The molecule has 0 saturated carbocycles. The van der Waals surface area contributed by atoms with Crippen LogP contribution in [-0.2, 0) is 16.6 Å². The highest BCUT2D eigenvalue weighted by atomic mass is 16.5. The van der Waals surface area contributed by atoms with Crippen LogP contribution < -0.4 is 5.73 Å². The van der Waals surface area contributed by atoms with Gasteiger partial charge in [0.2, 0.25) is 0 Å². The van der Waals surface area contributed by atoms with Crippen LogP contribution in [-0.4, -0.2) is 32.7 Å². The molecule has 7 nitrogen and oxygen atoms in total. The number of nitrogens with two attached hydrogens (primary N) is 1. The van der Waals surface area contributed by atoms with E-state index in [1.807, 2.05) is 6.92 Å². The second-order valence-corrected chi connectivity index (χ2v) is 4.25. The van der Waals surface area contributed by atoms with E-state index >= 15 is 0 Å². The highest BCUT2D eigenvalue weighted by Crippen LogP contribution is 2.17. The molecule has 2 aromatic rings. The van der Waals surface area contributed by atoms with E-state index in [2.05, 4.69) is 10.1 Å². The molecule has 1 atom stereocenters. The van der Waals surface area contributed by atoms with Crippen LogP contribution in [0.1, 0.15) is 23.0 Å². The van der Waals surface area contributed by atoms with Crippen molar-refractivity contribution in [3.8, 4) is 0 Å². The number of hydrogen-bond acceptors (Lipinski definition) is 5. The van der Waals surface area contributed by atoms with Crippen LogP contribution in [0.25, 0.3) is 11.0 Å². The molecule has 0 fully saturated rings. The second kappa shape index (κ2) is 4.68. The number of primary amides is 1. The molecule has 0 spiro atoms. The Balaban J connectivity index is 2.33. The van der Waals surface area contributed by atoms with E-state index in [0.29, 0.717) is 5.65 Å². The summed E-state index contributed by atoms with van der Waals surface area (Å²) in [5, 5.41) is 4.98. The van der Waals surface area contributed by atoms with Crippen molar-refractivity contribution in [3.05, 3.63) is 23.5 Å². The summed E-state index contributed by atoms with van der Waals surface area (Å²) in [4.78, 5) is 26.8. The minimum Gasteiger partial charge on any atom is -0.449 e. The molecule has 0 aliphatic heterocycles. The Kier molecular flexibility index (Phi) is 3.20. The Hall–Kier alpha value is -2.44. The van der Waals surface area contributed by atoms with Crippen molar-refractivity contribution >= 4 is 22.9 Å². The number of ether oxygens (including phenoxy) is 1. The molecule has 100 valence electrons. The maximum atomic E-state index is 11.8. The van der Waals surface area contributed by atoms with Gasteiger partial charge in [-0.1, -0.05) is 0 Å². The Morgan fingerprint density at radius 2 is 2.16 bits per heavy atom. The lowest BCUT2D eigenvalue weighted by atomic mass is 10.2. The van der Waals surface area contributed by atoms with Gasteiger partial charge in [-0.25, -0.2) is 9.78 Å². The summed E-state index contributed by atoms with van der Waals surface area (Å²) >= 11 is 0. The SMILES string of the molecule is Cc1nn(C)c2ncc(C(=O)OC(C)C(N)=O)cc12. The van der Waals surface area contributed by atoms with E-state index in [4.69, 9.17) is 10.5 Å². The number of fused-ring (bicyclic) bond motifs is 1. The zero-order chi connectivity index (χ0) is 14.2. The predicted molar refractivity (Wildman–Crippen MR) is 67.3 cm³/mol. The van der Waals surface area contributed by atoms with E-state index in [9.17, 15) is 9.59 Å². The summed E-state index contributed by atoms with van der Waals surface area (Å²) < 4.78 is 6.54. The zero-order valence-corrected chi connectivity index (χ0v) is 10.9. The summed E-state index contributed by atoms with van der Waals surface area (Å²) in [5.74, 6) is -1.33. The average molecular weight is 262 g/mol. The summed E-state index contributed by atoms with van der Waals surface area (Å²) in [5.41, 5.74) is 6.74. The number of hydrogen-bond donors (Lipinski definition) is 1. The van der Waals surface area contributed by atoms with E-state index in [0.717, 1.165) is 11.1 Å². The molecule has 0 radical (unpaired) electrons. The molecule has 0 bridgehead atoms. The number of esters is 1. The van der Waals surface area contributed by atoms with Crippen molar-refractivity contribution in [1.82, 2.24) is 14.8 Å². The van der Waals surface area contributed by atoms with Gasteiger partial charge in [-0.3, -0.25) is 9.48 Å². The molecular weight excluding hydrogens is 248 g/mol. The highest BCUT2D eigenvalue weighted by Gasteiger charge is 2.18. The van der Waals surface area contributed by atoms with Gasteiger partial charge in [0, 0.05) is 18.6 Å². The monoisotopic (exact) mass is 262 g/mol. The van der Waals surface area contributed by atoms with Crippen LogP contribution in [0.15, 0.2) is 12.3 Å². The van der Waals surface area contributed by atoms with Gasteiger partial charge in [-0.2, -0.15) is 5.10 Å². The van der Waals surface area contributed by atoms with E-state index in [1.165, 1.54) is 13.1 Å². The number of rotatable bonds is 3. The third kappa shape index (κ3) is 2.40. The summed E-state index contributed by atoms with van der Waals surface area (Å²) in [6, 6.07) is 1.64. The van der Waals surface area contributed by atoms with Crippen molar-refractivity contribution < 1.29 is 14.3 Å². The van der Waals surface area contributed by atoms with Gasteiger partial charge in [0.15, 0.2) is 11.8 Å². The fourth-order valence-electron chi connectivity index (χ4n) is 1.71. The normalized spacial score (nSPS) is 12.4. The largest absolute Gasteiger partial charge is 0.449 e. The molecule has 0 aliphatic carbocycles. The highest BCUT2D eigenvalue weighted by molar-refractivity contribution is 5.95. The Bertz CT molecular complexity index is 662. The molecule has 7 heteroatoms. The van der Waals surface area contributed by atoms with Gasteiger partial charge in [-0.05, 0) is 19.9 Å². The van der Waals surface area contributed by atoms with Crippen LogP contribution >= 0.6 is 0 Å². The quantitative estimate of drug-likeness (QED) is 0.802. The van der Waals surface area contributed by atoms with Gasteiger partial charge in [-0.15, -0.1) is 0 Å². The van der Waals surface area contributed by atoms with Crippen molar-refractivity contribution in [2.45, 2.75) is 20.0 Å². The van der Waals surface area contributed by atoms with Gasteiger partial charge < -0.3 is 10.5 Å². The molecular formula is C12H14N4O3. The van der Waals surface area contributed by atoms with Gasteiger partial charge >= 0.3 is 5.97 Å². The maximum absolute atomic E-state index is 11.8. The van der Waals surface area contributed by atoms with Crippen molar-refractivity contribution in [3.63, 3.8) is 0 Å². The van der Waals surface area contributed by atoms with E-state index < -0.39 is 18.0 Å². The van der Waals surface area contributed by atoms with Crippen molar-refractivity contribution in [2.75, 3.05) is 0 Å². The van der Waals surface area contributed by atoms with Gasteiger partial charge in [0.05, 0.1) is 11.3 Å². The minimum atomic E-state index is -0.974. The van der Waals surface area contributed by atoms with Crippen LogP contribution in [0.5, 0.6) is 0 Å². The Morgan fingerprint density at radius 1 is 1.47 bits per heavy atom. The van der Waals surface area contributed by atoms with Crippen LogP contribution in [0.3, 0.4) is 0 Å². The molecule has 1 amide bonds. The van der Waals surface area contributed by atoms with E-state index in [1.54, 1.807) is 17.8 Å². The van der Waals surface area contributed by atoms with Crippen LogP contribution in [0, 0.1) is 6.92 Å². The second-order valence-electron chi connectivity index (χ2n) is 4.25. The lowest BCUT2D eigenvalue weighted by Gasteiger charge is -2.09. The van der Waals surface area contributed by atoms with Gasteiger partial charge in [0.1, 0.15) is 0 Å². The third-order valence-corrected chi connectivity index (χ3v) is 2.78. The smallest absolute Gasteiger partial charge is 0.340 e. The lowest BCUT2D eigenvalue weighted by molar-refractivity contribution is -0.125. The van der Waals surface area contributed by atoms with Crippen molar-refractivity contribution in [1.29, 1.82) is 0 Å². The Morgan fingerprint density at radius 3 is 2.79 bits per heavy atom. The molecule has 1 unspecified atom stereocenters. The zero-order valence-electron chi connectivity index (χ0n) is 10.9. The first-order valence-corrected chi connectivity index (χ1v) is 5.70. The topological polar surface area (TPSA) is 100 Å². The third-order valence-electron chi connectivity index (χ3n) is 2.78. The maximum Gasteiger partial charge on any atom is 0.340 e. The summed E-state index contributed by atoms with van der Waals surface area (Å²) in [7, 11) is 1.77. The number of pyridine rings is 1. The lowest BCUT2D eigenvalue weighted by Crippen LogP contribution is -2.30. The molecule has 2 aromatic heterocycles. The van der Waals surface area contributed by atoms with Crippen LogP contribution in [0.4, 0.5) is 0 Å². The number of aromatic nitrogens is 3.